The number of halogens is 1. The molecule has 170 valence electrons. The Labute approximate surface area is 182 Å². The van der Waals surface area contributed by atoms with Crippen molar-refractivity contribution < 1.29 is 29.2 Å². The maximum atomic E-state index is 13.7. The Balaban J connectivity index is 1.82. The Hall–Kier alpha value is -2.92. The second kappa shape index (κ2) is 8.91. The van der Waals surface area contributed by atoms with Crippen molar-refractivity contribution in [1.82, 2.24) is 14.5 Å². The highest BCUT2D eigenvalue weighted by atomic mass is 19.1. The maximum absolute atomic E-state index is 13.7. The van der Waals surface area contributed by atoms with E-state index in [2.05, 4.69) is 9.97 Å². The standard InChI is InChI=1S/C22H24FN3O6/c1-13-10-26-20-14(9-24-19(25-20)8-22(30,12-28)4-5-27)7-18(21(26)29)32-17-3-2-16(23)6-15(17)11-31-13/h2-3,6-7,9,13,27-28,30H,4-5,8,10-12H2,1H3/t13-,22?/m0/s1. The van der Waals surface area contributed by atoms with Gasteiger partial charge in [0.15, 0.2) is 5.75 Å². The molecule has 0 saturated heterocycles. The number of pyridine rings is 1. The molecule has 0 aliphatic carbocycles. The number of ether oxygens (including phenoxy) is 2. The van der Waals surface area contributed by atoms with Crippen molar-refractivity contribution in [2.45, 2.75) is 44.6 Å². The van der Waals surface area contributed by atoms with Gasteiger partial charge in [-0.05, 0) is 31.2 Å². The number of aliphatic hydroxyl groups excluding tert-OH is 2. The van der Waals surface area contributed by atoms with Crippen molar-refractivity contribution in [1.29, 1.82) is 0 Å². The molecule has 9 nitrogen and oxygen atoms in total. The van der Waals surface area contributed by atoms with Gasteiger partial charge in [-0.15, -0.1) is 0 Å². The van der Waals surface area contributed by atoms with Crippen molar-refractivity contribution in [3.8, 4) is 11.5 Å². The lowest BCUT2D eigenvalue weighted by Gasteiger charge is -2.24. The van der Waals surface area contributed by atoms with E-state index in [0.29, 0.717) is 22.3 Å². The average molecular weight is 445 g/mol. The van der Waals surface area contributed by atoms with Gasteiger partial charge in [-0.2, -0.15) is 0 Å². The van der Waals surface area contributed by atoms with Gasteiger partial charge in [0.2, 0.25) is 0 Å². The normalized spacial score (nSPS) is 18.0. The van der Waals surface area contributed by atoms with Crippen molar-refractivity contribution in [3.05, 3.63) is 58.0 Å². The predicted molar refractivity (Wildman–Crippen MR) is 112 cm³/mol. The fourth-order valence-electron chi connectivity index (χ4n) is 3.64. The van der Waals surface area contributed by atoms with Crippen LogP contribution in [0, 0.1) is 5.82 Å². The first-order chi connectivity index (χ1) is 15.3. The summed E-state index contributed by atoms with van der Waals surface area (Å²) in [5, 5.41) is 29.7. The van der Waals surface area contributed by atoms with E-state index in [1.165, 1.54) is 35.0 Å². The number of benzene rings is 1. The largest absolute Gasteiger partial charge is 0.451 e. The van der Waals surface area contributed by atoms with E-state index in [-0.39, 0.29) is 44.2 Å². The van der Waals surface area contributed by atoms with Crippen LogP contribution in [0.1, 0.15) is 24.7 Å². The fraction of sp³-hybridized carbons (Fsp3) is 0.409. The van der Waals surface area contributed by atoms with Crippen LogP contribution >= 0.6 is 0 Å². The minimum absolute atomic E-state index is 0.0444. The minimum Gasteiger partial charge on any atom is -0.451 e. The summed E-state index contributed by atoms with van der Waals surface area (Å²) < 4.78 is 26.8. The molecule has 0 radical (unpaired) electrons. The summed E-state index contributed by atoms with van der Waals surface area (Å²) in [5.41, 5.74) is -1.20. The molecule has 0 fully saturated rings. The van der Waals surface area contributed by atoms with Crippen LogP contribution in [-0.4, -0.2) is 54.8 Å². The summed E-state index contributed by atoms with van der Waals surface area (Å²) in [6, 6.07) is 5.53. The first kappa shape index (κ1) is 22.3. The van der Waals surface area contributed by atoms with E-state index in [1.807, 2.05) is 0 Å². The molecule has 0 saturated carbocycles. The summed E-state index contributed by atoms with van der Waals surface area (Å²) in [6.45, 7) is 1.18. The third-order valence-electron chi connectivity index (χ3n) is 5.41. The SMILES string of the molecule is C[C@H]1Cn2c(=O)c(cc3cnc(CC(O)(CO)CCO)nc32)Oc2ccc(F)cc2CO1. The lowest BCUT2D eigenvalue weighted by atomic mass is 9.96. The fourth-order valence-corrected chi connectivity index (χ4v) is 3.64. The van der Waals surface area contributed by atoms with Crippen LogP contribution in [0.25, 0.3) is 11.0 Å². The van der Waals surface area contributed by atoms with Crippen LogP contribution in [0.3, 0.4) is 0 Å². The summed E-state index contributed by atoms with van der Waals surface area (Å²) >= 11 is 0. The zero-order chi connectivity index (χ0) is 22.9. The van der Waals surface area contributed by atoms with Crippen LogP contribution in [0.5, 0.6) is 11.5 Å². The maximum Gasteiger partial charge on any atom is 0.295 e. The van der Waals surface area contributed by atoms with Crippen LogP contribution in [-0.2, 0) is 24.3 Å². The topological polar surface area (TPSA) is 127 Å². The molecular formula is C22H24FN3O6. The summed E-state index contributed by atoms with van der Waals surface area (Å²) in [4.78, 5) is 21.9. The van der Waals surface area contributed by atoms with E-state index in [9.17, 15) is 19.4 Å². The molecule has 0 spiro atoms. The Morgan fingerprint density at radius 2 is 2.09 bits per heavy atom. The van der Waals surface area contributed by atoms with Gasteiger partial charge in [-0.25, -0.2) is 14.4 Å². The van der Waals surface area contributed by atoms with E-state index in [0.717, 1.165) is 0 Å². The zero-order valence-corrected chi connectivity index (χ0v) is 17.5. The molecule has 1 aliphatic rings. The van der Waals surface area contributed by atoms with Crippen LogP contribution in [0.2, 0.25) is 0 Å². The number of aromatic nitrogens is 3. The Morgan fingerprint density at radius 1 is 1.28 bits per heavy atom. The monoisotopic (exact) mass is 445 g/mol. The zero-order valence-electron chi connectivity index (χ0n) is 17.5. The number of fused-ring (bicyclic) bond motifs is 5. The molecule has 1 unspecified atom stereocenters. The number of hydrogen-bond donors (Lipinski definition) is 3. The van der Waals surface area contributed by atoms with Crippen LogP contribution in [0.15, 0.2) is 35.3 Å². The second-order valence-electron chi connectivity index (χ2n) is 8.00. The molecule has 2 atom stereocenters. The van der Waals surface area contributed by atoms with E-state index < -0.39 is 29.7 Å². The Bertz CT molecular complexity index is 1200. The molecule has 3 heterocycles. The summed E-state index contributed by atoms with van der Waals surface area (Å²) in [7, 11) is 0. The smallest absolute Gasteiger partial charge is 0.295 e. The quantitative estimate of drug-likeness (QED) is 0.536. The molecule has 2 aromatic heterocycles. The molecular weight excluding hydrogens is 421 g/mol. The van der Waals surface area contributed by atoms with Gasteiger partial charge in [-0.1, -0.05) is 0 Å². The van der Waals surface area contributed by atoms with Gasteiger partial charge in [0.05, 0.1) is 31.5 Å². The van der Waals surface area contributed by atoms with E-state index in [4.69, 9.17) is 14.6 Å². The van der Waals surface area contributed by atoms with E-state index in [1.54, 1.807) is 6.92 Å². The first-order valence-corrected chi connectivity index (χ1v) is 10.2. The second-order valence-corrected chi connectivity index (χ2v) is 8.00. The number of nitrogens with zero attached hydrogens (tertiary/aromatic N) is 3. The predicted octanol–water partition coefficient (Wildman–Crippen LogP) is 1.29. The number of hydrogen-bond acceptors (Lipinski definition) is 8. The van der Waals surface area contributed by atoms with E-state index >= 15 is 0 Å². The first-order valence-electron chi connectivity index (χ1n) is 10.2. The molecule has 3 aromatic rings. The molecule has 1 aromatic carbocycles. The summed E-state index contributed by atoms with van der Waals surface area (Å²) in [5.74, 6) is 0.147. The van der Waals surface area contributed by atoms with Crippen molar-refractivity contribution >= 4 is 11.0 Å². The number of rotatable bonds is 5. The van der Waals surface area contributed by atoms with Crippen molar-refractivity contribution in [2.24, 2.45) is 0 Å². The van der Waals surface area contributed by atoms with Gasteiger partial charge >= 0.3 is 0 Å². The lowest BCUT2D eigenvalue weighted by Crippen LogP contribution is -2.37. The third-order valence-corrected chi connectivity index (χ3v) is 5.41. The van der Waals surface area contributed by atoms with Crippen LogP contribution in [0.4, 0.5) is 4.39 Å². The van der Waals surface area contributed by atoms with Gasteiger partial charge < -0.3 is 24.8 Å². The lowest BCUT2D eigenvalue weighted by molar-refractivity contribution is -0.0325. The Kier molecular flexibility index (Phi) is 6.20. The Morgan fingerprint density at radius 3 is 2.84 bits per heavy atom. The highest BCUT2D eigenvalue weighted by Crippen LogP contribution is 2.28. The van der Waals surface area contributed by atoms with Gasteiger partial charge in [0, 0.05) is 36.6 Å². The molecule has 2 bridgehead atoms. The van der Waals surface area contributed by atoms with Gasteiger partial charge in [-0.3, -0.25) is 9.36 Å². The van der Waals surface area contributed by atoms with Crippen molar-refractivity contribution in [2.75, 3.05) is 13.2 Å². The van der Waals surface area contributed by atoms with Crippen LogP contribution < -0.4 is 10.3 Å². The summed E-state index contributed by atoms with van der Waals surface area (Å²) in [6.07, 6.45) is 0.954. The molecule has 1 aliphatic heterocycles. The van der Waals surface area contributed by atoms with Gasteiger partial charge in [0.25, 0.3) is 5.56 Å². The molecule has 4 rings (SSSR count). The number of aliphatic hydroxyl groups is 3. The highest BCUT2D eigenvalue weighted by Gasteiger charge is 2.28. The average Bonchev–Trinajstić information content (AvgIpc) is 2.76. The molecule has 3 N–H and O–H groups in total. The van der Waals surface area contributed by atoms with Crippen molar-refractivity contribution in [3.63, 3.8) is 0 Å². The molecule has 32 heavy (non-hydrogen) atoms. The molecule has 0 amide bonds. The third kappa shape index (κ3) is 4.49. The van der Waals surface area contributed by atoms with Gasteiger partial charge in [0.1, 0.15) is 23.0 Å². The minimum atomic E-state index is -1.58. The molecule has 10 heteroatoms. The highest BCUT2D eigenvalue weighted by molar-refractivity contribution is 5.76.